The van der Waals surface area contributed by atoms with Crippen molar-refractivity contribution in [2.24, 2.45) is 0 Å². The summed E-state index contributed by atoms with van der Waals surface area (Å²) in [5.74, 6) is -0.257. The quantitative estimate of drug-likeness (QED) is 0.738. The predicted molar refractivity (Wildman–Crippen MR) is 82.9 cm³/mol. The number of phenols is 2. The summed E-state index contributed by atoms with van der Waals surface area (Å²) < 4.78 is 0. The lowest BCUT2D eigenvalue weighted by Gasteiger charge is -2.13. The first-order valence-electron chi connectivity index (χ1n) is 6.83. The maximum absolute atomic E-state index is 9.98. The minimum absolute atomic E-state index is 0.122. The van der Waals surface area contributed by atoms with Gasteiger partial charge in [0.15, 0.2) is 11.5 Å². The molecule has 0 saturated carbocycles. The molecular formula is C18H16O3. The van der Waals surface area contributed by atoms with Crippen LogP contribution in [-0.2, 0) is 0 Å². The summed E-state index contributed by atoms with van der Waals surface area (Å²) >= 11 is 0. The SMILES string of the molecule is Oc1cccc(-c2cccc(C3=C[C@H](O)CC=C3)c2)c1O. The molecule has 1 aliphatic rings. The van der Waals surface area contributed by atoms with Gasteiger partial charge in [0.1, 0.15) is 0 Å². The Hall–Kier alpha value is -2.52. The van der Waals surface area contributed by atoms with Crippen molar-refractivity contribution in [1.29, 1.82) is 0 Å². The Bertz CT molecular complexity index is 729. The van der Waals surface area contributed by atoms with Gasteiger partial charge in [-0.3, -0.25) is 0 Å². The number of hydrogen-bond donors (Lipinski definition) is 3. The van der Waals surface area contributed by atoms with Crippen molar-refractivity contribution < 1.29 is 15.3 Å². The van der Waals surface area contributed by atoms with Crippen molar-refractivity contribution in [3.63, 3.8) is 0 Å². The monoisotopic (exact) mass is 280 g/mol. The van der Waals surface area contributed by atoms with E-state index in [9.17, 15) is 15.3 Å². The van der Waals surface area contributed by atoms with E-state index in [1.54, 1.807) is 12.1 Å². The highest BCUT2D eigenvalue weighted by Crippen LogP contribution is 2.37. The second-order valence-corrected chi connectivity index (χ2v) is 5.08. The van der Waals surface area contributed by atoms with Gasteiger partial charge in [-0.1, -0.05) is 42.5 Å². The molecule has 1 aliphatic carbocycles. The van der Waals surface area contributed by atoms with Crippen LogP contribution in [0.3, 0.4) is 0 Å². The number of hydrogen-bond acceptors (Lipinski definition) is 3. The fourth-order valence-corrected chi connectivity index (χ4v) is 2.49. The first-order chi connectivity index (χ1) is 10.1. The molecule has 0 spiro atoms. The first kappa shape index (κ1) is 13.5. The van der Waals surface area contributed by atoms with Crippen molar-refractivity contribution >= 4 is 5.57 Å². The minimum atomic E-state index is -0.456. The third kappa shape index (κ3) is 2.69. The molecule has 21 heavy (non-hydrogen) atoms. The van der Waals surface area contributed by atoms with E-state index in [1.165, 1.54) is 6.07 Å². The van der Waals surface area contributed by atoms with Gasteiger partial charge in [-0.25, -0.2) is 0 Å². The van der Waals surface area contributed by atoms with E-state index in [-0.39, 0.29) is 11.5 Å². The number of aromatic hydroxyl groups is 2. The Morgan fingerprint density at radius 2 is 1.71 bits per heavy atom. The van der Waals surface area contributed by atoms with Crippen molar-refractivity contribution in [3.05, 3.63) is 66.3 Å². The topological polar surface area (TPSA) is 60.7 Å². The zero-order valence-electron chi connectivity index (χ0n) is 11.4. The molecule has 3 N–H and O–H groups in total. The second-order valence-electron chi connectivity index (χ2n) is 5.08. The molecule has 0 amide bonds. The lowest BCUT2D eigenvalue weighted by atomic mass is 9.94. The summed E-state index contributed by atoms with van der Waals surface area (Å²) in [6.45, 7) is 0. The minimum Gasteiger partial charge on any atom is -0.504 e. The van der Waals surface area contributed by atoms with Gasteiger partial charge < -0.3 is 15.3 Å². The van der Waals surface area contributed by atoms with Gasteiger partial charge in [-0.2, -0.15) is 0 Å². The molecule has 0 radical (unpaired) electrons. The molecule has 0 unspecified atom stereocenters. The molecule has 1 atom stereocenters. The molecule has 0 bridgehead atoms. The van der Waals surface area contributed by atoms with E-state index in [1.807, 2.05) is 42.5 Å². The summed E-state index contributed by atoms with van der Waals surface area (Å²) in [5.41, 5.74) is 3.31. The maximum Gasteiger partial charge on any atom is 0.165 e. The fourth-order valence-electron chi connectivity index (χ4n) is 2.49. The van der Waals surface area contributed by atoms with Gasteiger partial charge in [-0.15, -0.1) is 0 Å². The van der Waals surface area contributed by atoms with Crippen LogP contribution in [0.5, 0.6) is 11.5 Å². The molecule has 3 rings (SSSR count). The average Bonchev–Trinajstić information content (AvgIpc) is 2.50. The molecular weight excluding hydrogens is 264 g/mol. The highest BCUT2D eigenvalue weighted by Gasteiger charge is 2.11. The molecule has 2 aromatic carbocycles. The number of allylic oxidation sites excluding steroid dienone is 2. The Morgan fingerprint density at radius 1 is 0.952 bits per heavy atom. The maximum atomic E-state index is 9.98. The number of benzene rings is 2. The van der Waals surface area contributed by atoms with Crippen LogP contribution in [0.15, 0.2) is 60.7 Å². The lowest BCUT2D eigenvalue weighted by Crippen LogP contribution is -2.04. The molecule has 0 saturated heterocycles. The van der Waals surface area contributed by atoms with Crippen molar-refractivity contribution in [3.8, 4) is 22.6 Å². The molecule has 0 aliphatic heterocycles. The molecule has 0 aromatic heterocycles. The lowest BCUT2D eigenvalue weighted by molar-refractivity contribution is 0.226. The van der Waals surface area contributed by atoms with Gasteiger partial charge in [0.25, 0.3) is 0 Å². The van der Waals surface area contributed by atoms with Crippen LogP contribution in [0.1, 0.15) is 12.0 Å². The summed E-state index contributed by atoms with van der Waals surface area (Å²) in [6.07, 6.45) is 5.92. The van der Waals surface area contributed by atoms with E-state index < -0.39 is 6.10 Å². The Balaban J connectivity index is 2.05. The Morgan fingerprint density at radius 3 is 2.52 bits per heavy atom. The number of aliphatic hydroxyl groups is 1. The molecule has 0 heterocycles. The number of aliphatic hydroxyl groups excluding tert-OH is 1. The Labute approximate surface area is 123 Å². The van der Waals surface area contributed by atoms with Crippen LogP contribution < -0.4 is 0 Å². The predicted octanol–water partition coefficient (Wildman–Crippen LogP) is 3.47. The van der Waals surface area contributed by atoms with E-state index in [4.69, 9.17) is 0 Å². The molecule has 2 aromatic rings. The van der Waals surface area contributed by atoms with Crippen molar-refractivity contribution in [2.45, 2.75) is 12.5 Å². The largest absolute Gasteiger partial charge is 0.504 e. The molecule has 3 heteroatoms. The van der Waals surface area contributed by atoms with Gasteiger partial charge >= 0.3 is 0 Å². The number of para-hydroxylation sites is 1. The van der Waals surface area contributed by atoms with Crippen LogP contribution in [0, 0.1) is 0 Å². The van der Waals surface area contributed by atoms with E-state index in [0.29, 0.717) is 12.0 Å². The van der Waals surface area contributed by atoms with Crippen molar-refractivity contribution in [1.82, 2.24) is 0 Å². The highest BCUT2D eigenvalue weighted by molar-refractivity contribution is 5.80. The third-order valence-corrected chi connectivity index (χ3v) is 3.57. The fraction of sp³-hybridized carbons (Fsp3) is 0.111. The summed E-state index contributed by atoms with van der Waals surface area (Å²) in [7, 11) is 0. The Kier molecular flexibility index (Phi) is 3.50. The van der Waals surface area contributed by atoms with Gasteiger partial charge in [0, 0.05) is 5.56 Å². The number of phenolic OH excluding ortho intramolecular Hbond substituents is 2. The van der Waals surface area contributed by atoms with Crippen LogP contribution in [0.2, 0.25) is 0 Å². The summed E-state index contributed by atoms with van der Waals surface area (Å²) in [6, 6.07) is 12.6. The number of rotatable bonds is 2. The third-order valence-electron chi connectivity index (χ3n) is 3.57. The smallest absolute Gasteiger partial charge is 0.165 e. The first-order valence-corrected chi connectivity index (χ1v) is 6.83. The zero-order valence-corrected chi connectivity index (χ0v) is 11.4. The van der Waals surface area contributed by atoms with Gasteiger partial charge in [0.2, 0.25) is 0 Å². The van der Waals surface area contributed by atoms with E-state index in [0.717, 1.165) is 16.7 Å². The zero-order chi connectivity index (χ0) is 14.8. The molecule has 106 valence electrons. The standard InChI is InChI=1S/C18H16O3/c19-15-7-2-5-13(11-15)12-4-1-6-14(10-12)16-8-3-9-17(20)18(16)21/h1-6,8-11,15,19-21H,7H2/t15-/m1/s1. The second kappa shape index (κ2) is 5.46. The van der Waals surface area contributed by atoms with Crippen LogP contribution >= 0.6 is 0 Å². The normalized spacial score (nSPS) is 17.6. The molecule has 3 nitrogen and oxygen atoms in total. The average molecular weight is 280 g/mol. The van der Waals surface area contributed by atoms with E-state index in [2.05, 4.69) is 0 Å². The van der Waals surface area contributed by atoms with Gasteiger partial charge in [0.05, 0.1) is 6.10 Å². The highest BCUT2D eigenvalue weighted by atomic mass is 16.3. The van der Waals surface area contributed by atoms with E-state index >= 15 is 0 Å². The summed E-state index contributed by atoms with van der Waals surface area (Å²) in [4.78, 5) is 0. The van der Waals surface area contributed by atoms with Crippen LogP contribution in [-0.4, -0.2) is 21.4 Å². The van der Waals surface area contributed by atoms with Crippen LogP contribution in [0.4, 0.5) is 0 Å². The molecule has 0 fully saturated rings. The van der Waals surface area contributed by atoms with Crippen LogP contribution in [0.25, 0.3) is 16.7 Å². The van der Waals surface area contributed by atoms with Gasteiger partial charge in [-0.05, 0) is 41.3 Å². The van der Waals surface area contributed by atoms with Crippen molar-refractivity contribution in [2.75, 3.05) is 0 Å². The summed E-state index contributed by atoms with van der Waals surface area (Å²) in [5, 5.41) is 29.3.